The normalized spacial score (nSPS) is 23.3. The number of hydrogen-bond donors (Lipinski definition) is 3. The van der Waals surface area contributed by atoms with Crippen molar-refractivity contribution in [2.75, 3.05) is 24.1 Å². The van der Waals surface area contributed by atoms with Crippen molar-refractivity contribution >= 4 is 17.4 Å². The van der Waals surface area contributed by atoms with Gasteiger partial charge in [-0.1, -0.05) is 0 Å². The van der Waals surface area contributed by atoms with Gasteiger partial charge in [-0.05, 0) is 43.5 Å². The minimum absolute atomic E-state index is 0.132. The molecule has 1 saturated heterocycles. The maximum Gasteiger partial charge on any atom is 0.319 e. The molecule has 0 spiro atoms. The first-order valence-corrected chi connectivity index (χ1v) is 6.88. The first-order valence-electron chi connectivity index (χ1n) is 6.88. The number of anilines is 2. The summed E-state index contributed by atoms with van der Waals surface area (Å²) in [5.41, 5.74) is 7.07. The number of likely N-dealkylation sites (tertiary alicyclic amines) is 1. The first-order chi connectivity index (χ1) is 9.20. The zero-order valence-electron chi connectivity index (χ0n) is 10.9. The smallest absolute Gasteiger partial charge is 0.319 e. The highest BCUT2D eigenvalue weighted by Crippen LogP contribution is 2.29. The molecule has 5 heteroatoms. The van der Waals surface area contributed by atoms with Gasteiger partial charge in [0.15, 0.2) is 0 Å². The standard InChI is InChI=1S/C14H20N4O/c15-10-1-3-11(4-2-10)16-14(19)17-12-7-8-18(9-12)13-5-6-13/h1-4,12-13H,5-9,15H2,(H2,16,17,19). The van der Waals surface area contributed by atoms with Crippen LogP contribution >= 0.6 is 0 Å². The van der Waals surface area contributed by atoms with Crippen LogP contribution < -0.4 is 16.4 Å². The molecule has 1 saturated carbocycles. The number of nitrogen functional groups attached to an aromatic ring is 1. The van der Waals surface area contributed by atoms with Gasteiger partial charge in [0.05, 0.1) is 0 Å². The van der Waals surface area contributed by atoms with E-state index in [1.54, 1.807) is 24.3 Å². The molecule has 5 nitrogen and oxygen atoms in total. The van der Waals surface area contributed by atoms with E-state index in [1.165, 1.54) is 12.8 Å². The predicted octanol–water partition coefficient (Wildman–Crippen LogP) is 1.63. The van der Waals surface area contributed by atoms with Crippen molar-refractivity contribution in [2.24, 2.45) is 0 Å². The summed E-state index contributed by atoms with van der Waals surface area (Å²) in [5.74, 6) is 0. The maximum absolute atomic E-state index is 11.9. The fourth-order valence-corrected chi connectivity index (χ4v) is 2.60. The quantitative estimate of drug-likeness (QED) is 0.723. The molecule has 102 valence electrons. The van der Waals surface area contributed by atoms with Crippen molar-refractivity contribution in [3.63, 3.8) is 0 Å². The lowest BCUT2D eigenvalue weighted by Gasteiger charge is -2.16. The lowest BCUT2D eigenvalue weighted by molar-refractivity contribution is 0.247. The van der Waals surface area contributed by atoms with E-state index in [4.69, 9.17) is 5.73 Å². The maximum atomic E-state index is 11.9. The van der Waals surface area contributed by atoms with Crippen molar-refractivity contribution in [1.29, 1.82) is 0 Å². The number of nitrogens with zero attached hydrogens (tertiary/aromatic N) is 1. The molecule has 4 N–H and O–H groups in total. The molecule has 3 rings (SSSR count). The van der Waals surface area contributed by atoms with Gasteiger partial charge < -0.3 is 16.4 Å². The second kappa shape index (κ2) is 5.09. The van der Waals surface area contributed by atoms with Gasteiger partial charge in [0.1, 0.15) is 0 Å². The van der Waals surface area contributed by atoms with Crippen molar-refractivity contribution in [3.8, 4) is 0 Å². The van der Waals surface area contributed by atoms with Crippen LogP contribution in [0.2, 0.25) is 0 Å². The van der Waals surface area contributed by atoms with Crippen LogP contribution in [0.1, 0.15) is 19.3 Å². The van der Waals surface area contributed by atoms with Crippen LogP contribution in [-0.2, 0) is 0 Å². The van der Waals surface area contributed by atoms with Crippen LogP contribution in [0.5, 0.6) is 0 Å². The van der Waals surface area contributed by atoms with E-state index < -0.39 is 0 Å². The average Bonchev–Trinajstić information content (AvgIpc) is 3.14. The van der Waals surface area contributed by atoms with Gasteiger partial charge in [0, 0.05) is 36.5 Å². The van der Waals surface area contributed by atoms with Crippen LogP contribution in [0.15, 0.2) is 24.3 Å². The van der Waals surface area contributed by atoms with Crippen LogP contribution in [-0.4, -0.2) is 36.1 Å². The molecule has 19 heavy (non-hydrogen) atoms. The lowest BCUT2D eigenvalue weighted by Crippen LogP contribution is -2.40. The largest absolute Gasteiger partial charge is 0.399 e. The Bertz CT molecular complexity index is 455. The summed E-state index contributed by atoms with van der Waals surface area (Å²) in [6, 6.07) is 8.09. The van der Waals surface area contributed by atoms with Crippen molar-refractivity contribution in [3.05, 3.63) is 24.3 Å². The summed E-state index contributed by atoms with van der Waals surface area (Å²) in [5, 5.41) is 5.86. The number of nitrogens with one attached hydrogen (secondary N) is 2. The Morgan fingerprint density at radius 1 is 1.21 bits per heavy atom. The number of rotatable bonds is 3. The molecular formula is C14H20N4O. The summed E-state index contributed by atoms with van der Waals surface area (Å²) >= 11 is 0. The van der Waals surface area contributed by atoms with Gasteiger partial charge in [-0.3, -0.25) is 4.90 Å². The third-order valence-electron chi connectivity index (χ3n) is 3.79. The minimum atomic E-state index is -0.132. The molecule has 1 aromatic rings. The van der Waals surface area contributed by atoms with Gasteiger partial charge >= 0.3 is 6.03 Å². The predicted molar refractivity (Wildman–Crippen MR) is 76.0 cm³/mol. The van der Waals surface area contributed by atoms with E-state index in [0.29, 0.717) is 5.69 Å². The number of amides is 2. The fraction of sp³-hybridized carbons (Fsp3) is 0.500. The van der Waals surface area contributed by atoms with Gasteiger partial charge in [0.25, 0.3) is 0 Å². The van der Waals surface area contributed by atoms with Crippen molar-refractivity contribution in [2.45, 2.75) is 31.3 Å². The number of carbonyl (C=O) groups excluding carboxylic acids is 1. The second-order valence-electron chi connectivity index (χ2n) is 5.43. The van der Waals surface area contributed by atoms with Gasteiger partial charge in [-0.25, -0.2) is 4.79 Å². The molecule has 0 bridgehead atoms. The Morgan fingerprint density at radius 2 is 1.95 bits per heavy atom. The third kappa shape index (κ3) is 3.17. The summed E-state index contributed by atoms with van der Waals surface area (Å²) in [7, 11) is 0. The first kappa shape index (κ1) is 12.3. The highest BCUT2D eigenvalue weighted by Gasteiger charge is 2.34. The number of carbonyl (C=O) groups is 1. The molecule has 2 aliphatic rings. The molecule has 1 heterocycles. The van der Waals surface area contributed by atoms with E-state index in [0.717, 1.165) is 31.2 Å². The molecular weight excluding hydrogens is 240 g/mol. The van der Waals surface area contributed by atoms with Gasteiger partial charge in [-0.15, -0.1) is 0 Å². The molecule has 0 aromatic heterocycles. The van der Waals surface area contributed by atoms with Crippen molar-refractivity contribution < 1.29 is 4.79 Å². The van der Waals surface area contributed by atoms with Crippen LogP contribution in [0.25, 0.3) is 0 Å². The third-order valence-corrected chi connectivity index (χ3v) is 3.79. The summed E-state index contributed by atoms with van der Waals surface area (Å²) < 4.78 is 0. The molecule has 1 aliphatic heterocycles. The molecule has 2 fully saturated rings. The monoisotopic (exact) mass is 260 g/mol. The zero-order valence-corrected chi connectivity index (χ0v) is 10.9. The summed E-state index contributed by atoms with van der Waals surface area (Å²) in [6.45, 7) is 2.09. The molecule has 2 amide bonds. The molecule has 1 aliphatic carbocycles. The molecule has 1 aromatic carbocycles. The summed E-state index contributed by atoms with van der Waals surface area (Å²) in [4.78, 5) is 14.4. The Labute approximate surface area is 113 Å². The Hall–Kier alpha value is -1.75. The number of benzene rings is 1. The zero-order chi connectivity index (χ0) is 13.2. The van der Waals surface area contributed by atoms with Gasteiger partial charge in [-0.2, -0.15) is 0 Å². The van der Waals surface area contributed by atoms with Crippen LogP contribution in [0.3, 0.4) is 0 Å². The van der Waals surface area contributed by atoms with E-state index in [1.807, 2.05) is 0 Å². The van der Waals surface area contributed by atoms with E-state index in [9.17, 15) is 4.79 Å². The van der Waals surface area contributed by atoms with E-state index in [-0.39, 0.29) is 12.1 Å². The fourth-order valence-electron chi connectivity index (χ4n) is 2.60. The Balaban J connectivity index is 1.47. The molecule has 1 atom stereocenters. The van der Waals surface area contributed by atoms with E-state index >= 15 is 0 Å². The Kier molecular flexibility index (Phi) is 3.29. The van der Waals surface area contributed by atoms with E-state index in [2.05, 4.69) is 15.5 Å². The van der Waals surface area contributed by atoms with Crippen LogP contribution in [0.4, 0.5) is 16.2 Å². The number of urea groups is 1. The minimum Gasteiger partial charge on any atom is -0.399 e. The number of nitrogens with two attached hydrogens (primary N) is 1. The summed E-state index contributed by atoms with van der Waals surface area (Å²) in [6.07, 6.45) is 3.69. The van der Waals surface area contributed by atoms with Gasteiger partial charge in [0.2, 0.25) is 0 Å². The average molecular weight is 260 g/mol. The highest BCUT2D eigenvalue weighted by molar-refractivity contribution is 5.89. The topological polar surface area (TPSA) is 70.4 Å². The SMILES string of the molecule is Nc1ccc(NC(=O)NC2CCN(C3CC3)C2)cc1. The molecule has 1 unspecified atom stereocenters. The Morgan fingerprint density at radius 3 is 2.63 bits per heavy atom. The highest BCUT2D eigenvalue weighted by atomic mass is 16.2. The van der Waals surface area contributed by atoms with Crippen LogP contribution in [0, 0.1) is 0 Å². The lowest BCUT2D eigenvalue weighted by atomic mass is 10.2. The number of hydrogen-bond acceptors (Lipinski definition) is 3. The molecule has 0 radical (unpaired) electrons. The second-order valence-corrected chi connectivity index (χ2v) is 5.43. The van der Waals surface area contributed by atoms with Crippen molar-refractivity contribution in [1.82, 2.24) is 10.2 Å².